The van der Waals surface area contributed by atoms with Crippen LogP contribution < -0.4 is 5.32 Å². The Hall–Kier alpha value is -0.790. The van der Waals surface area contributed by atoms with Gasteiger partial charge in [-0.15, -0.1) is 0 Å². The van der Waals surface area contributed by atoms with Gasteiger partial charge < -0.3 is 5.32 Å². The Morgan fingerprint density at radius 3 is 2.65 bits per heavy atom. The number of benzene rings is 1. The lowest BCUT2D eigenvalue weighted by molar-refractivity contribution is 0.617. The predicted molar refractivity (Wildman–Crippen MR) is 77.6 cm³/mol. The lowest BCUT2D eigenvalue weighted by atomic mass is 10.0. The number of aryl methyl sites for hydroxylation is 1. The maximum atomic E-state index is 5.96. The molecule has 0 atom stereocenters. The molecule has 0 saturated heterocycles. The molecule has 0 amide bonds. The monoisotopic (exact) mass is 251 g/mol. The van der Waals surface area contributed by atoms with Crippen molar-refractivity contribution in [3.05, 3.63) is 39.9 Å². The third-order valence-corrected chi connectivity index (χ3v) is 3.02. The van der Waals surface area contributed by atoms with Gasteiger partial charge >= 0.3 is 0 Å². The van der Waals surface area contributed by atoms with Crippen molar-refractivity contribution < 1.29 is 0 Å². The van der Waals surface area contributed by atoms with Gasteiger partial charge in [-0.1, -0.05) is 50.1 Å². The normalized spacial score (nSPS) is 12.2. The van der Waals surface area contributed by atoms with E-state index in [9.17, 15) is 0 Å². The zero-order valence-electron chi connectivity index (χ0n) is 11.2. The molecule has 1 N–H and O–H groups in total. The van der Waals surface area contributed by atoms with Gasteiger partial charge in [0.15, 0.2) is 0 Å². The number of hydrogen-bond acceptors (Lipinski definition) is 1. The molecule has 0 saturated carbocycles. The molecule has 17 heavy (non-hydrogen) atoms. The first-order valence-corrected chi connectivity index (χ1v) is 6.59. The van der Waals surface area contributed by atoms with Crippen molar-refractivity contribution in [3.8, 4) is 0 Å². The van der Waals surface area contributed by atoms with Crippen LogP contribution in [-0.4, -0.2) is 12.6 Å². The second-order valence-corrected chi connectivity index (χ2v) is 5.13. The summed E-state index contributed by atoms with van der Waals surface area (Å²) in [5.74, 6) is 0. The van der Waals surface area contributed by atoms with Gasteiger partial charge in [-0.25, -0.2) is 0 Å². The van der Waals surface area contributed by atoms with Crippen LogP contribution in [0.5, 0.6) is 0 Å². The molecule has 0 unspecified atom stereocenters. The summed E-state index contributed by atoms with van der Waals surface area (Å²) in [7, 11) is 0. The largest absolute Gasteiger partial charge is 0.311 e. The Balaban J connectivity index is 2.82. The highest BCUT2D eigenvalue weighted by molar-refractivity contribution is 6.30. The lowest BCUT2D eigenvalue weighted by Gasteiger charge is -2.11. The number of halogens is 1. The van der Waals surface area contributed by atoms with Crippen molar-refractivity contribution in [2.75, 3.05) is 6.54 Å². The summed E-state index contributed by atoms with van der Waals surface area (Å²) in [6, 6.07) is 6.57. The van der Waals surface area contributed by atoms with E-state index in [0.29, 0.717) is 6.04 Å². The topological polar surface area (TPSA) is 12.0 Å². The fraction of sp³-hybridized carbons (Fsp3) is 0.467. The second-order valence-electron chi connectivity index (χ2n) is 4.69. The van der Waals surface area contributed by atoms with E-state index in [1.54, 1.807) is 0 Å². The fourth-order valence-corrected chi connectivity index (χ4v) is 1.86. The zero-order chi connectivity index (χ0) is 12.8. The summed E-state index contributed by atoms with van der Waals surface area (Å²) in [6.45, 7) is 9.58. The van der Waals surface area contributed by atoms with Crippen molar-refractivity contribution >= 4 is 17.7 Å². The molecule has 0 aliphatic rings. The van der Waals surface area contributed by atoms with Gasteiger partial charge in [0.2, 0.25) is 0 Å². The highest BCUT2D eigenvalue weighted by atomic mass is 35.5. The van der Waals surface area contributed by atoms with Crippen molar-refractivity contribution in [3.63, 3.8) is 0 Å². The molecule has 0 radical (unpaired) electrons. The minimum absolute atomic E-state index is 0.524. The Morgan fingerprint density at radius 1 is 1.41 bits per heavy atom. The van der Waals surface area contributed by atoms with Gasteiger partial charge in [0.1, 0.15) is 0 Å². The second kappa shape index (κ2) is 6.83. The van der Waals surface area contributed by atoms with Crippen LogP contribution in [0.2, 0.25) is 5.02 Å². The van der Waals surface area contributed by atoms with Gasteiger partial charge in [-0.3, -0.25) is 0 Å². The molecule has 0 heterocycles. The summed E-state index contributed by atoms with van der Waals surface area (Å²) >= 11 is 5.96. The Labute approximate surface area is 110 Å². The number of hydrogen-bond donors (Lipinski definition) is 1. The van der Waals surface area contributed by atoms with E-state index in [1.165, 1.54) is 16.7 Å². The van der Waals surface area contributed by atoms with Crippen LogP contribution >= 0.6 is 11.6 Å². The van der Waals surface area contributed by atoms with E-state index in [-0.39, 0.29) is 0 Å². The third-order valence-electron chi connectivity index (χ3n) is 2.78. The highest BCUT2D eigenvalue weighted by Crippen LogP contribution is 2.18. The molecule has 1 aromatic rings. The van der Waals surface area contributed by atoms with Crippen molar-refractivity contribution in [1.82, 2.24) is 5.32 Å². The van der Waals surface area contributed by atoms with Crippen LogP contribution in [0, 0.1) is 6.92 Å². The molecule has 0 aliphatic carbocycles. The van der Waals surface area contributed by atoms with Gasteiger partial charge in [0.25, 0.3) is 0 Å². The van der Waals surface area contributed by atoms with Crippen molar-refractivity contribution in [1.29, 1.82) is 0 Å². The van der Waals surface area contributed by atoms with Crippen molar-refractivity contribution in [2.24, 2.45) is 0 Å². The number of rotatable bonds is 5. The summed E-state index contributed by atoms with van der Waals surface area (Å²) in [4.78, 5) is 0. The van der Waals surface area contributed by atoms with Gasteiger partial charge in [-0.2, -0.15) is 0 Å². The molecule has 0 spiro atoms. The molecule has 94 valence electrons. The summed E-state index contributed by atoms with van der Waals surface area (Å²) < 4.78 is 0. The van der Waals surface area contributed by atoms with E-state index < -0.39 is 0 Å². The van der Waals surface area contributed by atoms with Gasteiger partial charge in [-0.05, 0) is 36.6 Å². The average molecular weight is 252 g/mol. The van der Waals surface area contributed by atoms with Crippen molar-refractivity contribution in [2.45, 2.75) is 40.2 Å². The minimum atomic E-state index is 0.524. The van der Waals surface area contributed by atoms with E-state index in [1.807, 2.05) is 12.1 Å². The highest BCUT2D eigenvalue weighted by Gasteiger charge is 2.00. The van der Waals surface area contributed by atoms with Gasteiger partial charge in [0.05, 0.1) is 0 Å². The maximum absolute atomic E-state index is 5.96. The van der Waals surface area contributed by atoms with Crippen LogP contribution in [0.4, 0.5) is 0 Å². The maximum Gasteiger partial charge on any atom is 0.0409 e. The van der Waals surface area contributed by atoms with Crippen LogP contribution in [0.15, 0.2) is 23.8 Å². The zero-order valence-corrected chi connectivity index (χ0v) is 11.9. The molecule has 0 fully saturated rings. The Kier molecular flexibility index (Phi) is 5.73. The average Bonchev–Trinajstić information content (AvgIpc) is 2.26. The molecule has 0 bridgehead atoms. The van der Waals surface area contributed by atoms with Crippen LogP contribution in [0.25, 0.3) is 6.08 Å². The van der Waals surface area contributed by atoms with Crippen LogP contribution in [0.3, 0.4) is 0 Å². The first-order valence-electron chi connectivity index (χ1n) is 6.22. The molecule has 1 nitrogen and oxygen atoms in total. The SMILES string of the molecule is CC/C(=C/c1ccc(Cl)cc1C)CNC(C)C. The quantitative estimate of drug-likeness (QED) is 0.816. The Bertz CT molecular complexity index is 394. The standard InChI is InChI=1S/C15H22ClN/c1-5-13(10-17-11(2)3)9-14-6-7-15(16)8-12(14)4/h6-9,11,17H,5,10H2,1-4H3/b13-9-. The fourth-order valence-electron chi connectivity index (χ4n) is 1.63. The summed E-state index contributed by atoms with van der Waals surface area (Å²) in [5, 5.41) is 4.26. The Morgan fingerprint density at radius 2 is 2.12 bits per heavy atom. The molecule has 1 aromatic carbocycles. The molecular formula is C15H22ClN. The molecule has 1 rings (SSSR count). The smallest absolute Gasteiger partial charge is 0.0409 e. The van der Waals surface area contributed by atoms with Crippen LogP contribution in [-0.2, 0) is 0 Å². The van der Waals surface area contributed by atoms with E-state index >= 15 is 0 Å². The molecule has 0 aliphatic heterocycles. The molecule has 0 aromatic heterocycles. The first kappa shape index (κ1) is 14.3. The summed E-state index contributed by atoms with van der Waals surface area (Å²) in [6.07, 6.45) is 3.34. The van der Waals surface area contributed by atoms with E-state index in [2.05, 4.69) is 45.2 Å². The minimum Gasteiger partial charge on any atom is -0.311 e. The van der Waals surface area contributed by atoms with E-state index in [4.69, 9.17) is 11.6 Å². The van der Waals surface area contributed by atoms with E-state index in [0.717, 1.165) is 18.0 Å². The lowest BCUT2D eigenvalue weighted by Crippen LogP contribution is -2.24. The predicted octanol–water partition coefficient (Wildman–Crippen LogP) is 4.44. The number of nitrogens with one attached hydrogen (secondary N) is 1. The molecular weight excluding hydrogens is 230 g/mol. The third kappa shape index (κ3) is 4.93. The first-order chi connectivity index (χ1) is 8.02. The van der Waals surface area contributed by atoms with Gasteiger partial charge in [0, 0.05) is 17.6 Å². The molecule has 2 heteroatoms. The summed E-state index contributed by atoms with van der Waals surface area (Å²) in [5.41, 5.74) is 3.91. The van der Waals surface area contributed by atoms with Crippen LogP contribution in [0.1, 0.15) is 38.3 Å².